The predicted octanol–water partition coefficient (Wildman–Crippen LogP) is 2.23. The Bertz CT molecular complexity index is 535. The molecular weight excluding hydrogens is 294 g/mol. The largest absolute Gasteiger partial charge is 0.459 e. The number of hydrogen-bond acceptors (Lipinski definition) is 5. The maximum absolute atomic E-state index is 12.9. The summed E-state index contributed by atoms with van der Waals surface area (Å²) in [6.07, 6.45) is 5.48. The molecular formula is C17H29N3O3. The van der Waals surface area contributed by atoms with Crippen LogP contribution in [0, 0.1) is 0 Å². The van der Waals surface area contributed by atoms with Gasteiger partial charge in [-0.25, -0.2) is 9.78 Å². The molecule has 1 saturated heterocycles. The molecule has 1 aromatic rings. The second kappa shape index (κ2) is 7.01. The summed E-state index contributed by atoms with van der Waals surface area (Å²) in [7, 11) is 1.63. The van der Waals surface area contributed by atoms with E-state index in [9.17, 15) is 4.79 Å². The molecule has 0 aliphatic carbocycles. The first kappa shape index (κ1) is 17.9. The van der Waals surface area contributed by atoms with Crippen LogP contribution in [0.5, 0.6) is 0 Å². The fraction of sp³-hybridized carbons (Fsp3) is 0.765. The Balaban J connectivity index is 2.24. The van der Waals surface area contributed by atoms with Crippen LogP contribution in [0.2, 0.25) is 0 Å². The van der Waals surface area contributed by atoms with E-state index in [0.717, 1.165) is 31.8 Å². The molecule has 1 aliphatic heterocycles. The molecule has 0 saturated carbocycles. The highest BCUT2D eigenvalue weighted by Gasteiger charge is 2.50. The molecule has 1 atom stereocenters. The fourth-order valence-electron chi connectivity index (χ4n) is 3.18. The molecule has 1 aliphatic rings. The molecule has 1 unspecified atom stereocenters. The Hall–Kier alpha value is -1.40. The number of carbonyl (C=O) groups excluding carboxylic acids is 1. The van der Waals surface area contributed by atoms with Crippen LogP contribution in [0.1, 0.15) is 46.4 Å². The molecule has 2 rings (SSSR count). The van der Waals surface area contributed by atoms with Crippen molar-refractivity contribution >= 4 is 5.97 Å². The van der Waals surface area contributed by atoms with Crippen molar-refractivity contribution < 1.29 is 14.3 Å². The number of esters is 1. The van der Waals surface area contributed by atoms with Crippen LogP contribution in [0.25, 0.3) is 0 Å². The third kappa shape index (κ3) is 3.93. The van der Waals surface area contributed by atoms with Gasteiger partial charge >= 0.3 is 5.97 Å². The zero-order valence-corrected chi connectivity index (χ0v) is 15.0. The van der Waals surface area contributed by atoms with Crippen LogP contribution in [-0.4, -0.2) is 51.8 Å². The van der Waals surface area contributed by atoms with Crippen molar-refractivity contribution in [3.05, 3.63) is 18.2 Å². The zero-order chi connectivity index (χ0) is 17.1. The fourth-order valence-corrected chi connectivity index (χ4v) is 3.18. The second-order valence-electron chi connectivity index (χ2n) is 7.12. The van der Waals surface area contributed by atoms with E-state index in [1.54, 1.807) is 13.3 Å². The van der Waals surface area contributed by atoms with Gasteiger partial charge in [0.2, 0.25) is 0 Å². The lowest BCUT2D eigenvalue weighted by atomic mass is 9.96. The number of likely N-dealkylation sites (tertiary alicyclic amines) is 1. The lowest BCUT2D eigenvalue weighted by molar-refractivity contribution is -0.172. The summed E-state index contributed by atoms with van der Waals surface area (Å²) in [5.41, 5.74) is -1.22. The van der Waals surface area contributed by atoms with Crippen molar-refractivity contribution in [1.82, 2.24) is 14.5 Å². The highest BCUT2D eigenvalue weighted by Crippen LogP contribution is 2.33. The molecule has 1 fully saturated rings. The Morgan fingerprint density at radius 1 is 1.43 bits per heavy atom. The van der Waals surface area contributed by atoms with Gasteiger partial charge in [-0.3, -0.25) is 4.90 Å². The molecule has 0 aromatic carbocycles. The Kier molecular flexibility index (Phi) is 5.47. The average Bonchev–Trinajstić information content (AvgIpc) is 3.06. The summed E-state index contributed by atoms with van der Waals surface area (Å²) < 4.78 is 13.2. The Morgan fingerprint density at radius 3 is 2.78 bits per heavy atom. The number of aryl methyl sites for hydroxylation is 1. The Morgan fingerprint density at radius 2 is 2.17 bits per heavy atom. The number of carbonyl (C=O) groups is 1. The van der Waals surface area contributed by atoms with Gasteiger partial charge in [-0.1, -0.05) is 0 Å². The van der Waals surface area contributed by atoms with Gasteiger partial charge < -0.3 is 14.0 Å². The van der Waals surface area contributed by atoms with Crippen LogP contribution in [0.15, 0.2) is 12.4 Å². The topological polar surface area (TPSA) is 56.6 Å². The number of imidazole rings is 1. The molecule has 0 N–H and O–H groups in total. The van der Waals surface area contributed by atoms with E-state index >= 15 is 0 Å². The third-order valence-electron chi connectivity index (χ3n) is 4.26. The average molecular weight is 323 g/mol. The lowest BCUT2D eigenvalue weighted by Gasteiger charge is -2.37. The summed E-state index contributed by atoms with van der Waals surface area (Å²) in [5.74, 6) is 0.775. The molecule has 0 amide bonds. The number of hydrogen-bond donors (Lipinski definition) is 0. The van der Waals surface area contributed by atoms with E-state index in [1.165, 1.54) is 0 Å². The molecule has 6 heteroatoms. The normalized spacial score (nSPS) is 22.5. The van der Waals surface area contributed by atoms with Gasteiger partial charge in [-0.05, 0) is 47.1 Å². The van der Waals surface area contributed by atoms with Crippen molar-refractivity contribution in [1.29, 1.82) is 0 Å². The van der Waals surface area contributed by atoms with Gasteiger partial charge in [-0.15, -0.1) is 0 Å². The maximum atomic E-state index is 12.9. The van der Waals surface area contributed by atoms with Crippen molar-refractivity contribution in [2.75, 3.05) is 20.3 Å². The first-order chi connectivity index (χ1) is 10.8. The van der Waals surface area contributed by atoms with Crippen molar-refractivity contribution in [3.8, 4) is 0 Å². The summed E-state index contributed by atoms with van der Waals surface area (Å²) in [6.45, 7) is 10.5. The molecule has 130 valence electrons. The molecule has 0 bridgehead atoms. The van der Waals surface area contributed by atoms with E-state index < -0.39 is 11.1 Å². The molecule has 23 heavy (non-hydrogen) atoms. The summed E-state index contributed by atoms with van der Waals surface area (Å²) >= 11 is 0. The van der Waals surface area contributed by atoms with E-state index in [2.05, 4.69) is 21.4 Å². The number of aromatic nitrogens is 2. The van der Waals surface area contributed by atoms with Gasteiger partial charge in [0.25, 0.3) is 0 Å². The highest BCUT2D eigenvalue weighted by molar-refractivity contribution is 5.82. The predicted molar refractivity (Wildman–Crippen MR) is 88.0 cm³/mol. The number of methoxy groups -OCH3 is 1. The molecule has 6 nitrogen and oxygen atoms in total. The van der Waals surface area contributed by atoms with Gasteiger partial charge in [0, 0.05) is 26.0 Å². The molecule has 0 radical (unpaired) electrons. The highest BCUT2D eigenvalue weighted by atomic mass is 16.6. The van der Waals surface area contributed by atoms with Crippen LogP contribution in [0.3, 0.4) is 0 Å². The van der Waals surface area contributed by atoms with Gasteiger partial charge in [0.15, 0.2) is 0 Å². The molecule has 2 heterocycles. The minimum absolute atomic E-state index is 0.195. The van der Waals surface area contributed by atoms with E-state index in [1.807, 2.05) is 27.0 Å². The van der Waals surface area contributed by atoms with Gasteiger partial charge in [0.1, 0.15) is 17.0 Å². The molecule has 0 spiro atoms. The SMILES string of the molecule is CCn1ccnc1CN1CCCC1(COC)C(=O)OC(C)(C)C. The number of nitrogens with zero attached hydrogens (tertiary/aromatic N) is 3. The lowest BCUT2D eigenvalue weighted by Crippen LogP contribution is -2.55. The van der Waals surface area contributed by atoms with Crippen LogP contribution in [-0.2, 0) is 27.4 Å². The third-order valence-corrected chi connectivity index (χ3v) is 4.26. The first-order valence-electron chi connectivity index (χ1n) is 8.30. The molecule has 1 aromatic heterocycles. The van der Waals surface area contributed by atoms with E-state index in [4.69, 9.17) is 9.47 Å². The summed E-state index contributed by atoms with van der Waals surface area (Å²) in [6, 6.07) is 0. The monoisotopic (exact) mass is 323 g/mol. The number of rotatable bonds is 6. The van der Waals surface area contributed by atoms with Gasteiger partial charge in [0.05, 0.1) is 13.2 Å². The van der Waals surface area contributed by atoms with Gasteiger partial charge in [-0.2, -0.15) is 0 Å². The minimum Gasteiger partial charge on any atom is -0.459 e. The summed E-state index contributed by atoms with van der Waals surface area (Å²) in [5, 5.41) is 0. The van der Waals surface area contributed by atoms with Crippen LogP contribution >= 0.6 is 0 Å². The minimum atomic E-state index is -0.716. The first-order valence-corrected chi connectivity index (χ1v) is 8.30. The second-order valence-corrected chi connectivity index (χ2v) is 7.12. The number of ether oxygens (including phenoxy) is 2. The zero-order valence-electron chi connectivity index (χ0n) is 15.0. The van der Waals surface area contributed by atoms with E-state index in [0.29, 0.717) is 13.2 Å². The van der Waals surface area contributed by atoms with E-state index in [-0.39, 0.29) is 5.97 Å². The summed E-state index contributed by atoms with van der Waals surface area (Å²) in [4.78, 5) is 19.5. The van der Waals surface area contributed by atoms with Crippen molar-refractivity contribution in [2.45, 2.75) is 64.8 Å². The van der Waals surface area contributed by atoms with Crippen LogP contribution in [0.4, 0.5) is 0 Å². The maximum Gasteiger partial charge on any atom is 0.329 e. The van der Waals surface area contributed by atoms with Crippen LogP contribution < -0.4 is 0 Å². The smallest absolute Gasteiger partial charge is 0.329 e. The Labute approximate surface area is 138 Å². The standard InChI is InChI=1S/C17H29N3O3/c1-6-19-11-9-18-14(19)12-20-10-7-8-17(20,13-22-5)15(21)23-16(2,3)4/h9,11H,6-8,10,12-13H2,1-5H3. The van der Waals surface area contributed by atoms with Crippen molar-refractivity contribution in [3.63, 3.8) is 0 Å². The quantitative estimate of drug-likeness (QED) is 0.751. The van der Waals surface area contributed by atoms with Crippen molar-refractivity contribution in [2.24, 2.45) is 0 Å².